The van der Waals surface area contributed by atoms with Crippen molar-refractivity contribution in [3.63, 3.8) is 0 Å². The molecule has 0 unspecified atom stereocenters. The van der Waals surface area contributed by atoms with E-state index in [1.807, 2.05) is 0 Å². The molecule has 1 amide bonds. The first-order valence-electron chi connectivity index (χ1n) is 7.76. The first-order chi connectivity index (χ1) is 13.5. The largest absolute Gasteiger partial charge is 0.504 e. The molecule has 0 atom stereocenters. The van der Waals surface area contributed by atoms with Gasteiger partial charge >= 0.3 is 6.18 Å². The molecule has 0 aromatic heterocycles. The summed E-state index contributed by atoms with van der Waals surface area (Å²) >= 11 is 3.21. The number of hydrogen-bond donors (Lipinski definition) is 2. The minimum atomic E-state index is -4.75. The van der Waals surface area contributed by atoms with Crippen molar-refractivity contribution in [2.24, 2.45) is 5.10 Å². The van der Waals surface area contributed by atoms with Crippen molar-refractivity contribution in [1.82, 2.24) is 5.43 Å². The van der Waals surface area contributed by atoms with Gasteiger partial charge in [0.25, 0.3) is 5.69 Å². The molecule has 0 heterocycles. The molecule has 0 saturated carbocycles. The molecule has 2 rings (SSSR count). The summed E-state index contributed by atoms with van der Waals surface area (Å²) in [5.74, 6) is -0.870. The third-order valence-corrected chi connectivity index (χ3v) is 4.10. The zero-order chi connectivity index (χ0) is 21.8. The molecule has 2 aromatic rings. The van der Waals surface area contributed by atoms with Crippen LogP contribution in [-0.4, -0.2) is 29.3 Å². The number of ether oxygens (including phenoxy) is 1. The number of phenolic OH excluding ortho intramolecular Hbond substituents is 1. The first-order valence-corrected chi connectivity index (χ1v) is 8.55. The third kappa shape index (κ3) is 5.67. The molecule has 8 nitrogen and oxygen atoms in total. The normalized spacial score (nSPS) is 11.5. The highest BCUT2D eigenvalue weighted by Gasteiger charge is 2.33. The molecule has 154 valence electrons. The lowest BCUT2D eigenvalue weighted by Gasteiger charge is -2.08. The number of rotatable bonds is 6. The molecule has 0 aliphatic heterocycles. The predicted molar refractivity (Wildman–Crippen MR) is 99.9 cm³/mol. The lowest BCUT2D eigenvalue weighted by molar-refractivity contribution is -0.385. The van der Waals surface area contributed by atoms with Crippen LogP contribution in [0.1, 0.15) is 16.7 Å². The minimum absolute atomic E-state index is 0.160. The summed E-state index contributed by atoms with van der Waals surface area (Å²) in [5.41, 5.74) is 0.0780. The quantitative estimate of drug-likeness (QED) is 0.374. The summed E-state index contributed by atoms with van der Waals surface area (Å²) in [6, 6.07) is 4.90. The van der Waals surface area contributed by atoms with Gasteiger partial charge in [0.05, 0.1) is 30.2 Å². The van der Waals surface area contributed by atoms with Gasteiger partial charge < -0.3 is 9.84 Å². The second-order valence-corrected chi connectivity index (χ2v) is 6.53. The van der Waals surface area contributed by atoms with Crippen LogP contribution >= 0.6 is 15.9 Å². The number of halogens is 4. The van der Waals surface area contributed by atoms with Crippen LogP contribution in [0.25, 0.3) is 0 Å². The van der Waals surface area contributed by atoms with Crippen LogP contribution in [0.3, 0.4) is 0 Å². The fourth-order valence-corrected chi connectivity index (χ4v) is 2.75. The molecule has 0 saturated heterocycles. The van der Waals surface area contributed by atoms with E-state index < -0.39 is 34.7 Å². The number of phenols is 1. The number of alkyl halides is 3. The molecule has 0 aliphatic carbocycles. The Morgan fingerprint density at radius 3 is 2.66 bits per heavy atom. The number of methoxy groups -OCH3 is 1. The van der Waals surface area contributed by atoms with Gasteiger partial charge in [-0.1, -0.05) is 22.0 Å². The van der Waals surface area contributed by atoms with Crippen molar-refractivity contribution in [3.8, 4) is 11.5 Å². The Kier molecular flexibility index (Phi) is 6.80. The lowest BCUT2D eigenvalue weighted by Crippen LogP contribution is -2.20. The Morgan fingerprint density at radius 2 is 2.07 bits per heavy atom. The number of nitro groups is 1. The lowest BCUT2D eigenvalue weighted by atomic mass is 10.1. The van der Waals surface area contributed by atoms with Gasteiger partial charge in [0.2, 0.25) is 5.91 Å². The van der Waals surface area contributed by atoms with Gasteiger partial charge in [0.1, 0.15) is 0 Å². The molecule has 0 radical (unpaired) electrons. The van der Waals surface area contributed by atoms with E-state index in [0.29, 0.717) is 16.6 Å². The van der Waals surface area contributed by atoms with Crippen molar-refractivity contribution in [3.05, 3.63) is 61.6 Å². The zero-order valence-corrected chi connectivity index (χ0v) is 16.2. The summed E-state index contributed by atoms with van der Waals surface area (Å²) in [6.07, 6.45) is -4.20. The number of carbonyl (C=O) groups is 1. The van der Waals surface area contributed by atoms with Crippen LogP contribution in [0, 0.1) is 10.1 Å². The maximum atomic E-state index is 12.7. The third-order valence-electron chi connectivity index (χ3n) is 3.64. The number of amides is 1. The van der Waals surface area contributed by atoms with E-state index in [1.165, 1.54) is 19.2 Å². The Balaban J connectivity index is 2.15. The second-order valence-electron chi connectivity index (χ2n) is 5.61. The van der Waals surface area contributed by atoms with Crippen LogP contribution in [-0.2, 0) is 17.4 Å². The number of hydrazone groups is 1. The Labute approximate surface area is 170 Å². The zero-order valence-electron chi connectivity index (χ0n) is 14.7. The highest BCUT2D eigenvalue weighted by molar-refractivity contribution is 9.10. The first kappa shape index (κ1) is 22.1. The summed E-state index contributed by atoms with van der Waals surface area (Å²) in [6.45, 7) is 0. The SMILES string of the molecule is COc1cc(Br)cc(/C=N/NC(=O)Cc2ccc(C(F)(F)F)cc2[N+](=O)[O-])c1O. The van der Waals surface area contributed by atoms with Gasteiger partial charge in [0.15, 0.2) is 11.5 Å². The van der Waals surface area contributed by atoms with Gasteiger partial charge in [0, 0.05) is 21.7 Å². The van der Waals surface area contributed by atoms with E-state index in [4.69, 9.17) is 4.74 Å². The van der Waals surface area contributed by atoms with E-state index >= 15 is 0 Å². The summed E-state index contributed by atoms with van der Waals surface area (Å²) < 4.78 is 43.7. The van der Waals surface area contributed by atoms with Crippen LogP contribution in [0.4, 0.5) is 18.9 Å². The van der Waals surface area contributed by atoms with E-state index in [9.17, 15) is 33.2 Å². The van der Waals surface area contributed by atoms with E-state index in [1.54, 1.807) is 0 Å². The summed E-state index contributed by atoms with van der Waals surface area (Å²) in [7, 11) is 1.35. The van der Waals surface area contributed by atoms with Crippen molar-refractivity contribution in [2.45, 2.75) is 12.6 Å². The Morgan fingerprint density at radius 1 is 1.38 bits per heavy atom. The maximum absolute atomic E-state index is 12.7. The highest BCUT2D eigenvalue weighted by atomic mass is 79.9. The van der Waals surface area contributed by atoms with Crippen molar-refractivity contribution < 1.29 is 32.7 Å². The van der Waals surface area contributed by atoms with Crippen molar-refractivity contribution >= 4 is 33.7 Å². The number of nitrogens with one attached hydrogen (secondary N) is 1. The molecule has 2 N–H and O–H groups in total. The Hall–Kier alpha value is -3.15. The summed E-state index contributed by atoms with van der Waals surface area (Å²) in [4.78, 5) is 22.0. The number of hydrogen-bond acceptors (Lipinski definition) is 6. The molecule has 2 aromatic carbocycles. The average molecular weight is 476 g/mol. The standard InChI is InChI=1S/C17H13BrF3N3O5/c1-29-14-7-12(18)4-10(16(14)26)8-22-23-15(25)5-9-2-3-11(17(19,20)21)6-13(9)24(27)28/h2-4,6-8,26H,5H2,1H3,(H,23,25)/b22-8+. The molecule has 0 spiro atoms. The molecular weight excluding hydrogens is 463 g/mol. The van der Waals surface area contributed by atoms with Crippen molar-refractivity contribution in [1.29, 1.82) is 0 Å². The van der Waals surface area contributed by atoms with Crippen LogP contribution in [0.5, 0.6) is 11.5 Å². The smallest absolute Gasteiger partial charge is 0.416 e. The van der Waals surface area contributed by atoms with E-state index in [0.717, 1.165) is 12.3 Å². The topological polar surface area (TPSA) is 114 Å². The summed E-state index contributed by atoms with van der Waals surface area (Å²) in [5, 5.41) is 24.7. The molecule has 0 bridgehead atoms. The monoisotopic (exact) mass is 475 g/mol. The number of benzene rings is 2. The fourth-order valence-electron chi connectivity index (χ4n) is 2.29. The van der Waals surface area contributed by atoms with Crippen LogP contribution in [0.2, 0.25) is 0 Å². The minimum Gasteiger partial charge on any atom is -0.504 e. The van der Waals surface area contributed by atoms with Gasteiger partial charge in [-0.25, -0.2) is 5.43 Å². The highest BCUT2D eigenvalue weighted by Crippen LogP contribution is 2.34. The molecule has 0 fully saturated rings. The van der Waals surface area contributed by atoms with Crippen molar-refractivity contribution in [2.75, 3.05) is 7.11 Å². The average Bonchev–Trinajstić information content (AvgIpc) is 2.63. The van der Waals surface area contributed by atoms with E-state index in [-0.39, 0.29) is 22.6 Å². The van der Waals surface area contributed by atoms with Gasteiger partial charge in [-0.05, 0) is 18.2 Å². The number of aromatic hydroxyl groups is 1. The second kappa shape index (κ2) is 8.90. The number of nitro benzene ring substituents is 1. The van der Waals surface area contributed by atoms with Crippen LogP contribution in [0.15, 0.2) is 39.9 Å². The van der Waals surface area contributed by atoms with Gasteiger partial charge in [-0.2, -0.15) is 18.3 Å². The molecule has 29 heavy (non-hydrogen) atoms. The van der Waals surface area contributed by atoms with Gasteiger partial charge in [-0.3, -0.25) is 14.9 Å². The predicted octanol–water partition coefficient (Wildman–Crippen LogP) is 3.78. The van der Waals surface area contributed by atoms with E-state index in [2.05, 4.69) is 26.5 Å². The fraction of sp³-hybridized carbons (Fsp3) is 0.176. The molecule has 12 heteroatoms. The molecular formula is C17H13BrF3N3O5. The number of nitrogens with zero attached hydrogens (tertiary/aromatic N) is 2. The van der Waals surface area contributed by atoms with Gasteiger partial charge in [-0.15, -0.1) is 0 Å². The molecule has 0 aliphatic rings. The van der Waals surface area contributed by atoms with Crippen LogP contribution < -0.4 is 10.2 Å². The Bertz CT molecular complexity index is 980. The number of carbonyl (C=O) groups excluding carboxylic acids is 1. The maximum Gasteiger partial charge on any atom is 0.416 e.